The SMILES string of the molecule is COc1nc(C)c(Nc2nc(=O)c3c(n2Cc2ccc(F)c(F)c2)COC3)cc1F. The Hall–Kier alpha value is -3.40. The van der Waals surface area contributed by atoms with Gasteiger partial charge in [-0.05, 0) is 24.6 Å². The summed E-state index contributed by atoms with van der Waals surface area (Å²) in [4.78, 5) is 20.5. The number of rotatable bonds is 5. The molecule has 0 fully saturated rings. The fourth-order valence-electron chi connectivity index (χ4n) is 3.23. The van der Waals surface area contributed by atoms with Gasteiger partial charge >= 0.3 is 0 Å². The molecule has 3 heterocycles. The monoisotopic (exact) mass is 418 g/mol. The van der Waals surface area contributed by atoms with E-state index < -0.39 is 23.0 Å². The second-order valence-electron chi connectivity index (χ2n) is 6.73. The molecule has 10 heteroatoms. The van der Waals surface area contributed by atoms with Gasteiger partial charge in [0.05, 0.1) is 49.5 Å². The van der Waals surface area contributed by atoms with Crippen molar-refractivity contribution in [3.05, 3.63) is 74.6 Å². The topological polar surface area (TPSA) is 78.3 Å². The number of benzene rings is 1. The summed E-state index contributed by atoms with van der Waals surface area (Å²) in [7, 11) is 1.31. The Balaban J connectivity index is 1.80. The van der Waals surface area contributed by atoms with Gasteiger partial charge in [0.15, 0.2) is 17.5 Å². The highest BCUT2D eigenvalue weighted by Gasteiger charge is 2.23. The molecule has 0 bridgehead atoms. The number of halogens is 3. The molecular weight excluding hydrogens is 401 g/mol. The van der Waals surface area contributed by atoms with E-state index in [1.807, 2.05) is 0 Å². The van der Waals surface area contributed by atoms with Gasteiger partial charge in [-0.1, -0.05) is 6.07 Å². The minimum absolute atomic E-state index is 0.0869. The number of hydrogen-bond acceptors (Lipinski definition) is 6. The molecular formula is C20H17F3N4O3. The number of aryl methyl sites for hydroxylation is 1. The number of nitrogens with zero attached hydrogens (tertiary/aromatic N) is 3. The van der Waals surface area contributed by atoms with E-state index in [1.54, 1.807) is 11.5 Å². The number of fused-ring (bicyclic) bond motifs is 1. The smallest absolute Gasteiger partial charge is 0.280 e. The first kappa shape index (κ1) is 19.9. The Morgan fingerprint density at radius 3 is 2.67 bits per heavy atom. The van der Waals surface area contributed by atoms with Crippen molar-refractivity contribution in [2.45, 2.75) is 26.7 Å². The maximum Gasteiger partial charge on any atom is 0.280 e. The van der Waals surface area contributed by atoms with Gasteiger partial charge in [-0.25, -0.2) is 18.2 Å². The van der Waals surface area contributed by atoms with Crippen LogP contribution in [0.2, 0.25) is 0 Å². The molecule has 0 radical (unpaired) electrons. The molecule has 1 N–H and O–H groups in total. The maximum absolute atomic E-state index is 14.1. The molecule has 1 aliphatic rings. The quantitative estimate of drug-likeness (QED) is 0.686. The number of hydrogen-bond donors (Lipinski definition) is 1. The lowest BCUT2D eigenvalue weighted by Gasteiger charge is -2.19. The molecule has 4 rings (SSSR count). The van der Waals surface area contributed by atoms with E-state index in [2.05, 4.69) is 15.3 Å². The van der Waals surface area contributed by atoms with Crippen LogP contribution >= 0.6 is 0 Å². The number of methoxy groups -OCH3 is 1. The first-order valence-corrected chi connectivity index (χ1v) is 8.99. The van der Waals surface area contributed by atoms with Crippen LogP contribution < -0.4 is 15.6 Å². The van der Waals surface area contributed by atoms with Crippen LogP contribution in [0, 0.1) is 24.4 Å². The molecule has 0 amide bonds. The molecule has 0 saturated carbocycles. The summed E-state index contributed by atoms with van der Waals surface area (Å²) in [6, 6.07) is 4.71. The third-order valence-electron chi connectivity index (χ3n) is 4.78. The number of aromatic nitrogens is 3. The number of ether oxygens (including phenoxy) is 2. The van der Waals surface area contributed by atoms with Crippen molar-refractivity contribution in [2.75, 3.05) is 12.4 Å². The van der Waals surface area contributed by atoms with E-state index in [1.165, 1.54) is 19.2 Å². The Morgan fingerprint density at radius 1 is 1.13 bits per heavy atom. The van der Waals surface area contributed by atoms with Crippen LogP contribution in [0.1, 0.15) is 22.5 Å². The normalized spacial score (nSPS) is 12.7. The van der Waals surface area contributed by atoms with Crippen molar-refractivity contribution in [1.29, 1.82) is 0 Å². The van der Waals surface area contributed by atoms with Gasteiger partial charge in [0, 0.05) is 6.07 Å². The van der Waals surface area contributed by atoms with E-state index in [0.717, 1.165) is 12.1 Å². The fraction of sp³-hybridized carbons (Fsp3) is 0.250. The number of nitrogens with one attached hydrogen (secondary N) is 1. The maximum atomic E-state index is 14.1. The first-order chi connectivity index (χ1) is 14.4. The fourth-order valence-corrected chi connectivity index (χ4v) is 3.23. The summed E-state index contributed by atoms with van der Waals surface area (Å²) >= 11 is 0. The van der Waals surface area contributed by atoms with Gasteiger partial charge in [0.25, 0.3) is 5.56 Å². The minimum Gasteiger partial charge on any atom is -0.479 e. The van der Waals surface area contributed by atoms with E-state index in [0.29, 0.717) is 22.5 Å². The summed E-state index contributed by atoms with van der Waals surface area (Å²) < 4.78 is 53.0. The second-order valence-corrected chi connectivity index (χ2v) is 6.73. The largest absolute Gasteiger partial charge is 0.479 e. The van der Waals surface area contributed by atoms with Gasteiger partial charge < -0.3 is 19.4 Å². The number of anilines is 2. The summed E-state index contributed by atoms with van der Waals surface area (Å²) in [5.41, 5.74) is 1.61. The predicted molar refractivity (Wildman–Crippen MR) is 101 cm³/mol. The van der Waals surface area contributed by atoms with Gasteiger partial charge in [-0.3, -0.25) is 4.79 Å². The van der Waals surface area contributed by atoms with Crippen molar-refractivity contribution in [2.24, 2.45) is 0 Å². The standard InChI is InChI=1S/C20H17F3N4O3/c1-10-16(6-15(23)19(24-10)29-2)25-20-26-18(28)12-8-30-9-17(12)27(20)7-11-3-4-13(21)14(22)5-11/h3-6H,7-9H2,1-2H3,(H,25,26,28). The van der Waals surface area contributed by atoms with Crippen molar-refractivity contribution in [1.82, 2.24) is 14.5 Å². The lowest BCUT2D eigenvalue weighted by atomic mass is 10.2. The van der Waals surface area contributed by atoms with E-state index in [9.17, 15) is 18.0 Å². The first-order valence-electron chi connectivity index (χ1n) is 8.99. The summed E-state index contributed by atoms with van der Waals surface area (Å²) in [5.74, 6) is -2.69. The second kappa shape index (κ2) is 7.79. The minimum atomic E-state index is -0.985. The molecule has 30 heavy (non-hydrogen) atoms. The van der Waals surface area contributed by atoms with Crippen LogP contribution in [0.25, 0.3) is 0 Å². The molecule has 0 saturated heterocycles. The molecule has 7 nitrogen and oxygen atoms in total. The lowest BCUT2D eigenvalue weighted by molar-refractivity contribution is 0.131. The van der Waals surface area contributed by atoms with E-state index in [-0.39, 0.29) is 37.3 Å². The molecule has 0 aliphatic carbocycles. The average molecular weight is 418 g/mol. The Morgan fingerprint density at radius 2 is 1.93 bits per heavy atom. The van der Waals surface area contributed by atoms with Crippen LogP contribution in [0.3, 0.4) is 0 Å². The molecule has 1 aliphatic heterocycles. The zero-order chi connectivity index (χ0) is 21.4. The van der Waals surface area contributed by atoms with Crippen LogP contribution in [0.15, 0.2) is 29.1 Å². The highest BCUT2D eigenvalue weighted by molar-refractivity contribution is 5.58. The number of pyridine rings is 1. The summed E-state index contributed by atoms with van der Waals surface area (Å²) in [6.45, 7) is 1.98. The zero-order valence-electron chi connectivity index (χ0n) is 16.1. The van der Waals surface area contributed by atoms with Crippen molar-refractivity contribution in [3.8, 4) is 5.88 Å². The van der Waals surface area contributed by atoms with Gasteiger partial charge in [-0.15, -0.1) is 0 Å². The van der Waals surface area contributed by atoms with E-state index >= 15 is 0 Å². The van der Waals surface area contributed by atoms with Gasteiger partial charge in [-0.2, -0.15) is 4.98 Å². The Labute approximate surface area is 169 Å². The molecule has 0 unspecified atom stereocenters. The molecule has 0 atom stereocenters. The highest BCUT2D eigenvalue weighted by atomic mass is 19.2. The molecule has 156 valence electrons. The van der Waals surface area contributed by atoms with E-state index in [4.69, 9.17) is 9.47 Å². The van der Waals surface area contributed by atoms with Crippen LogP contribution in [-0.2, 0) is 24.5 Å². The Kier molecular flexibility index (Phi) is 5.17. The molecule has 0 spiro atoms. The van der Waals surface area contributed by atoms with Crippen LogP contribution in [-0.4, -0.2) is 21.6 Å². The van der Waals surface area contributed by atoms with Crippen LogP contribution in [0.4, 0.5) is 24.8 Å². The lowest BCUT2D eigenvalue weighted by Crippen LogP contribution is -2.23. The summed E-state index contributed by atoms with van der Waals surface area (Å²) in [5, 5.41) is 2.92. The third kappa shape index (κ3) is 3.61. The average Bonchev–Trinajstić information content (AvgIpc) is 3.20. The predicted octanol–water partition coefficient (Wildman–Crippen LogP) is 3.19. The van der Waals surface area contributed by atoms with Crippen molar-refractivity contribution >= 4 is 11.6 Å². The van der Waals surface area contributed by atoms with Crippen molar-refractivity contribution in [3.63, 3.8) is 0 Å². The molecule has 1 aromatic carbocycles. The van der Waals surface area contributed by atoms with Gasteiger partial charge in [0.1, 0.15) is 0 Å². The third-order valence-corrected chi connectivity index (χ3v) is 4.78. The zero-order valence-corrected chi connectivity index (χ0v) is 16.1. The highest BCUT2D eigenvalue weighted by Crippen LogP contribution is 2.27. The van der Waals surface area contributed by atoms with Crippen molar-refractivity contribution < 1.29 is 22.6 Å². The molecule has 2 aromatic heterocycles. The van der Waals surface area contributed by atoms with Crippen LogP contribution in [0.5, 0.6) is 5.88 Å². The molecule has 3 aromatic rings. The Bertz CT molecular complexity index is 1200. The summed E-state index contributed by atoms with van der Waals surface area (Å²) in [6.07, 6.45) is 0. The van der Waals surface area contributed by atoms with Gasteiger partial charge in [0.2, 0.25) is 11.8 Å².